The Morgan fingerprint density at radius 3 is 1.93 bits per heavy atom. The summed E-state index contributed by atoms with van der Waals surface area (Å²) in [5, 5.41) is 8.28. The fourth-order valence-electron chi connectivity index (χ4n) is 7.35. The van der Waals surface area contributed by atoms with Crippen molar-refractivity contribution in [1.82, 2.24) is 40.8 Å². The first-order chi connectivity index (χ1) is 26.0. The molecule has 2 aliphatic heterocycles. The summed E-state index contributed by atoms with van der Waals surface area (Å²) < 4.78 is 4.75. The zero-order valence-electron chi connectivity index (χ0n) is 31.8. The molecule has 2 aromatic heterocycles. The zero-order valence-corrected chi connectivity index (χ0v) is 31.8. The molecule has 4 atom stereocenters. The van der Waals surface area contributed by atoms with Crippen LogP contribution >= 0.6 is 0 Å². The van der Waals surface area contributed by atoms with Crippen LogP contribution in [0.3, 0.4) is 0 Å². The number of likely N-dealkylation sites (N-methyl/N-ethyl adjacent to an activating group) is 1. The second-order valence-electron chi connectivity index (χ2n) is 14.7. The van der Waals surface area contributed by atoms with E-state index in [1.165, 1.54) is 7.11 Å². The van der Waals surface area contributed by atoms with E-state index in [-0.39, 0.29) is 35.6 Å². The molecular formula is C40H51N9O5. The minimum absolute atomic E-state index is 0.0408. The molecule has 0 radical (unpaired) electrons. The molecule has 0 saturated carbocycles. The fraction of sp³-hybridized carbons (Fsp3) is 0.450. The molecule has 4 heterocycles. The van der Waals surface area contributed by atoms with E-state index in [9.17, 15) is 19.2 Å². The normalized spacial score (nSPS) is 18.1. The summed E-state index contributed by atoms with van der Waals surface area (Å²) in [5.41, 5.74) is 5.57. The summed E-state index contributed by atoms with van der Waals surface area (Å²) in [6.45, 7) is 8.92. The number of hydrogen-bond donors (Lipinski definition) is 5. The number of H-pyrrole nitrogens is 2. The third kappa shape index (κ3) is 8.12. The molecule has 14 nitrogen and oxygen atoms in total. The highest BCUT2D eigenvalue weighted by Crippen LogP contribution is 2.34. The van der Waals surface area contributed by atoms with Gasteiger partial charge < -0.3 is 40.5 Å². The summed E-state index contributed by atoms with van der Waals surface area (Å²) >= 11 is 0. The van der Waals surface area contributed by atoms with Crippen LogP contribution < -0.4 is 20.9 Å². The number of nitrogens with one attached hydrogen (secondary N) is 5. The number of likely N-dealkylation sites (tertiary alicyclic amines) is 1. The maximum atomic E-state index is 13.5. The number of ether oxygens (including phenoxy) is 1. The van der Waals surface area contributed by atoms with Crippen molar-refractivity contribution in [2.45, 2.75) is 77.5 Å². The van der Waals surface area contributed by atoms with Crippen LogP contribution in [0.1, 0.15) is 65.2 Å². The molecule has 0 bridgehead atoms. The number of aromatic nitrogens is 4. The van der Waals surface area contributed by atoms with Gasteiger partial charge in [-0.15, -0.1) is 0 Å². The van der Waals surface area contributed by atoms with E-state index in [1.807, 2.05) is 69.3 Å². The number of amides is 4. The molecule has 2 aromatic carbocycles. The first-order valence-corrected chi connectivity index (χ1v) is 18.7. The predicted molar refractivity (Wildman–Crippen MR) is 206 cm³/mol. The van der Waals surface area contributed by atoms with E-state index in [0.717, 1.165) is 58.7 Å². The molecule has 286 valence electrons. The van der Waals surface area contributed by atoms with Gasteiger partial charge >= 0.3 is 6.09 Å². The highest BCUT2D eigenvalue weighted by molar-refractivity contribution is 5.91. The SMILES string of the molecule is CNC(=O)[C@@H](NC(=O)[C@@H]1CCCN1c1nc(-c2ccc(-c3ccc(-c4c[nH]c([C@@H]5CCCN5C(=O)[C@@H](NC(=O)OC)C(C)C)n4)cc3)cc2)c[nH]1)C(C)C. The average molecular weight is 738 g/mol. The van der Waals surface area contributed by atoms with Crippen LogP contribution in [0.15, 0.2) is 60.9 Å². The van der Waals surface area contributed by atoms with E-state index in [4.69, 9.17) is 14.7 Å². The highest BCUT2D eigenvalue weighted by atomic mass is 16.5. The molecule has 4 aromatic rings. The van der Waals surface area contributed by atoms with Crippen LogP contribution in [0.25, 0.3) is 33.6 Å². The Labute approximate surface area is 315 Å². The second-order valence-corrected chi connectivity index (χ2v) is 14.7. The van der Waals surface area contributed by atoms with Crippen molar-refractivity contribution >= 4 is 29.8 Å². The second kappa shape index (κ2) is 16.6. The van der Waals surface area contributed by atoms with Gasteiger partial charge in [0.05, 0.1) is 24.5 Å². The van der Waals surface area contributed by atoms with Crippen molar-refractivity contribution < 1.29 is 23.9 Å². The van der Waals surface area contributed by atoms with Gasteiger partial charge in [-0.25, -0.2) is 14.8 Å². The topological polar surface area (TPSA) is 177 Å². The Hall–Kier alpha value is -5.66. The van der Waals surface area contributed by atoms with E-state index in [0.29, 0.717) is 25.5 Å². The minimum Gasteiger partial charge on any atom is -0.453 e. The summed E-state index contributed by atoms with van der Waals surface area (Å²) in [6, 6.07) is 14.5. The lowest BCUT2D eigenvalue weighted by Gasteiger charge is -2.29. The van der Waals surface area contributed by atoms with Gasteiger partial charge in [-0.2, -0.15) is 0 Å². The molecule has 2 saturated heterocycles. The number of hydrogen-bond acceptors (Lipinski definition) is 8. The van der Waals surface area contributed by atoms with Gasteiger partial charge in [-0.1, -0.05) is 76.2 Å². The number of benzene rings is 2. The Bertz CT molecular complexity index is 1930. The number of rotatable bonds is 12. The number of aromatic amines is 2. The maximum absolute atomic E-state index is 13.5. The number of carbonyl (C=O) groups is 4. The fourth-order valence-corrected chi connectivity index (χ4v) is 7.35. The minimum atomic E-state index is -0.686. The number of alkyl carbamates (subject to hydrolysis) is 1. The van der Waals surface area contributed by atoms with Gasteiger partial charge in [0.1, 0.15) is 23.9 Å². The molecule has 0 unspecified atom stereocenters. The number of imidazole rings is 2. The quantitative estimate of drug-likeness (QED) is 0.134. The van der Waals surface area contributed by atoms with Gasteiger partial charge in [0.2, 0.25) is 23.7 Å². The van der Waals surface area contributed by atoms with Gasteiger partial charge in [0, 0.05) is 43.7 Å². The summed E-state index contributed by atoms with van der Waals surface area (Å²) in [6.07, 6.45) is 6.27. The van der Waals surface area contributed by atoms with Crippen molar-refractivity contribution in [3.05, 3.63) is 66.7 Å². The molecule has 6 rings (SSSR count). The Balaban J connectivity index is 1.10. The first kappa shape index (κ1) is 38.1. The molecule has 2 fully saturated rings. The summed E-state index contributed by atoms with van der Waals surface area (Å²) in [4.78, 5) is 71.1. The monoisotopic (exact) mass is 737 g/mol. The Kier molecular flexibility index (Phi) is 11.7. The average Bonchev–Trinajstić information content (AvgIpc) is 4.02. The van der Waals surface area contributed by atoms with E-state index in [1.54, 1.807) is 11.9 Å². The zero-order chi connectivity index (χ0) is 38.5. The Morgan fingerprint density at radius 1 is 0.759 bits per heavy atom. The smallest absolute Gasteiger partial charge is 0.407 e. The largest absolute Gasteiger partial charge is 0.453 e. The van der Waals surface area contributed by atoms with Crippen molar-refractivity contribution in [3.8, 4) is 33.6 Å². The lowest BCUT2D eigenvalue weighted by atomic mass is 10.0. The van der Waals surface area contributed by atoms with Crippen LogP contribution in [0.4, 0.5) is 10.7 Å². The van der Waals surface area contributed by atoms with Gasteiger partial charge in [0.15, 0.2) is 0 Å². The van der Waals surface area contributed by atoms with Crippen LogP contribution in [0.2, 0.25) is 0 Å². The molecule has 54 heavy (non-hydrogen) atoms. The van der Waals surface area contributed by atoms with Crippen molar-refractivity contribution in [2.75, 3.05) is 32.1 Å². The molecule has 2 aliphatic rings. The number of nitrogens with zero attached hydrogens (tertiary/aromatic N) is 4. The van der Waals surface area contributed by atoms with E-state index in [2.05, 4.69) is 50.2 Å². The molecule has 5 N–H and O–H groups in total. The third-order valence-corrected chi connectivity index (χ3v) is 10.4. The third-order valence-electron chi connectivity index (χ3n) is 10.4. The van der Waals surface area contributed by atoms with Crippen LogP contribution in [0, 0.1) is 11.8 Å². The lowest BCUT2D eigenvalue weighted by molar-refractivity contribution is -0.135. The molecule has 0 spiro atoms. The van der Waals surface area contributed by atoms with Gasteiger partial charge in [-0.05, 0) is 48.6 Å². The Morgan fingerprint density at radius 2 is 1.33 bits per heavy atom. The number of methoxy groups -OCH3 is 1. The maximum Gasteiger partial charge on any atom is 0.407 e. The summed E-state index contributed by atoms with van der Waals surface area (Å²) in [7, 11) is 2.86. The highest BCUT2D eigenvalue weighted by Gasteiger charge is 2.38. The number of carbonyl (C=O) groups excluding carboxylic acids is 4. The van der Waals surface area contributed by atoms with Crippen LogP contribution in [-0.2, 0) is 19.1 Å². The van der Waals surface area contributed by atoms with Gasteiger partial charge in [-0.3, -0.25) is 14.4 Å². The molecular weight excluding hydrogens is 686 g/mol. The van der Waals surface area contributed by atoms with E-state index < -0.39 is 24.2 Å². The van der Waals surface area contributed by atoms with Crippen molar-refractivity contribution in [3.63, 3.8) is 0 Å². The van der Waals surface area contributed by atoms with Gasteiger partial charge in [0.25, 0.3) is 0 Å². The molecule has 14 heteroatoms. The summed E-state index contributed by atoms with van der Waals surface area (Å²) in [5.74, 6) is 0.697. The lowest BCUT2D eigenvalue weighted by Crippen LogP contribution is -2.54. The van der Waals surface area contributed by atoms with Crippen molar-refractivity contribution in [1.29, 1.82) is 0 Å². The van der Waals surface area contributed by atoms with Crippen LogP contribution in [0.5, 0.6) is 0 Å². The van der Waals surface area contributed by atoms with Crippen molar-refractivity contribution in [2.24, 2.45) is 11.8 Å². The number of anilines is 1. The van der Waals surface area contributed by atoms with Crippen LogP contribution in [-0.4, -0.2) is 94.0 Å². The first-order valence-electron chi connectivity index (χ1n) is 18.7. The standard InChI is InChI=1S/C40H51N9O5/c1-23(2)33(37(51)41-5)46-36(50)32-10-8-20-49(32)39-43-22-30(45-39)28-17-13-26(14-18-28)25-11-15-27(16-12-25)29-21-42-35(44-29)31-9-7-19-48(31)38(52)34(24(3)4)47-40(53)54-6/h11-18,21-24,31-34H,7-10,19-20H2,1-6H3,(H,41,51)(H,42,44)(H,43,45)(H,46,50)(H,47,53)/t31-,32-,33-,34-/m0/s1. The molecule has 4 amide bonds. The predicted octanol–water partition coefficient (Wildman–Crippen LogP) is 5.03. The molecule has 0 aliphatic carbocycles. The van der Waals surface area contributed by atoms with E-state index >= 15 is 0 Å².